The van der Waals surface area contributed by atoms with Crippen LogP contribution in [0.2, 0.25) is 0 Å². The zero-order chi connectivity index (χ0) is 18.6. The first kappa shape index (κ1) is 16.7. The van der Waals surface area contributed by atoms with Gasteiger partial charge in [0.15, 0.2) is 5.82 Å². The van der Waals surface area contributed by atoms with E-state index in [1.54, 1.807) is 42.1 Å². The molecule has 0 fully saturated rings. The largest absolute Gasteiger partial charge is 0.348 e. The second kappa shape index (κ2) is 7.25. The van der Waals surface area contributed by atoms with E-state index in [0.717, 1.165) is 16.8 Å². The van der Waals surface area contributed by atoms with Crippen molar-refractivity contribution in [3.63, 3.8) is 0 Å². The number of nitrogens with one attached hydrogen (secondary N) is 1. The average Bonchev–Trinajstić information content (AvgIpc) is 3.39. The van der Waals surface area contributed by atoms with E-state index >= 15 is 0 Å². The normalized spacial score (nSPS) is 10.7. The maximum atomic E-state index is 12.3. The molecule has 0 aliphatic carbocycles. The molecule has 2 heterocycles. The van der Waals surface area contributed by atoms with E-state index in [1.165, 1.54) is 0 Å². The summed E-state index contributed by atoms with van der Waals surface area (Å²) in [6, 6.07) is 16.8. The molecule has 4 rings (SSSR count). The van der Waals surface area contributed by atoms with Crippen molar-refractivity contribution in [2.45, 2.75) is 13.5 Å². The average molecular weight is 359 g/mol. The number of carbonyl (C=O) groups excluding carboxylic acids is 1. The highest BCUT2D eigenvalue weighted by Gasteiger charge is 2.09. The Morgan fingerprint density at radius 2 is 1.89 bits per heavy atom. The molecule has 4 aromatic rings. The summed E-state index contributed by atoms with van der Waals surface area (Å²) in [5.41, 5.74) is 3.34. The van der Waals surface area contributed by atoms with Crippen LogP contribution in [0.3, 0.4) is 0 Å². The number of amides is 1. The van der Waals surface area contributed by atoms with Crippen LogP contribution in [0.5, 0.6) is 0 Å². The highest BCUT2D eigenvalue weighted by atomic mass is 16.5. The van der Waals surface area contributed by atoms with E-state index < -0.39 is 0 Å². The van der Waals surface area contributed by atoms with Crippen LogP contribution in [-0.4, -0.2) is 25.8 Å². The molecule has 0 radical (unpaired) electrons. The molecule has 0 spiro atoms. The molecule has 27 heavy (non-hydrogen) atoms. The molecule has 0 unspecified atom stereocenters. The Hall–Kier alpha value is -3.74. The number of benzene rings is 2. The van der Waals surface area contributed by atoms with E-state index in [0.29, 0.717) is 23.8 Å². The Labute approximate surface area is 155 Å². The predicted octanol–water partition coefficient (Wildman–Crippen LogP) is 3.16. The Kier molecular flexibility index (Phi) is 4.49. The van der Waals surface area contributed by atoms with Crippen molar-refractivity contribution in [1.82, 2.24) is 25.2 Å². The van der Waals surface area contributed by atoms with Gasteiger partial charge in [-0.3, -0.25) is 4.79 Å². The summed E-state index contributed by atoms with van der Waals surface area (Å²) in [5, 5.41) is 10.9. The Bertz CT molecular complexity index is 1030. The van der Waals surface area contributed by atoms with Gasteiger partial charge >= 0.3 is 0 Å². The summed E-state index contributed by atoms with van der Waals surface area (Å²) in [5.74, 6) is 0.876. The third kappa shape index (κ3) is 3.77. The van der Waals surface area contributed by atoms with Crippen LogP contribution in [0.25, 0.3) is 17.1 Å². The summed E-state index contributed by atoms with van der Waals surface area (Å²) in [6.07, 6.45) is 3.62. The monoisotopic (exact) mass is 359 g/mol. The molecule has 2 aromatic heterocycles. The minimum atomic E-state index is -0.139. The maximum absolute atomic E-state index is 12.3. The standard InChI is InChI=1S/C20H17N5O2/c1-14-23-20(27-24-14)17-7-5-16(6-8-17)19(26)21-13-15-3-9-18(10-4-15)25-12-2-11-22-25/h2-12H,13H2,1H3,(H,21,26). The first-order valence-electron chi connectivity index (χ1n) is 8.47. The van der Waals surface area contributed by atoms with E-state index in [9.17, 15) is 4.79 Å². The van der Waals surface area contributed by atoms with Crippen molar-refractivity contribution >= 4 is 5.91 Å². The van der Waals surface area contributed by atoms with Crippen molar-refractivity contribution in [2.24, 2.45) is 0 Å². The van der Waals surface area contributed by atoms with E-state index in [-0.39, 0.29) is 5.91 Å². The summed E-state index contributed by atoms with van der Waals surface area (Å²) in [7, 11) is 0. The summed E-state index contributed by atoms with van der Waals surface area (Å²) < 4.78 is 6.91. The fourth-order valence-electron chi connectivity index (χ4n) is 2.65. The maximum Gasteiger partial charge on any atom is 0.257 e. The van der Waals surface area contributed by atoms with Crippen molar-refractivity contribution in [1.29, 1.82) is 0 Å². The summed E-state index contributed by atoms with van der Waals surface area (Å²) >= 11 is 0. The van der Waals surface area contributed by atoms with Crippen LogP contribution < -0.4 is 5.32 Å². The minimum absolute atomic E-state index is 0.139. The number of rotatable bonds is 5. The molecular weight excluding hydrogens is 342 g/mol. The fourth-order valence-corrected chi connectivity index (χ4v) is 2.65. The summed E-state index contributed by atoms with van der Waals surface area (Å²) in [6.45, 7) is 2.21. The van der Waals surface area contributed by atoms with Crippen molar-refractivity contribution in [3.8, 4) is 17.1 Å². The molecule has 7 nitrogen and oxygen atoms in total. The van der Waals surface area contributed by atoms with Crippen molar-refractivity contribution in [2.75, 3.05) is 0 Å². The highest BCUT2D eigenvalue weighted by Crippen LogP contribution is 2.17. The number of nitrogens with zero attached hydrogens (tertiary/aromatic N) is 4. The lowest BCUT2D eigenvalue weighted by Crippen LogP contribution is -2.22. The smallest absolute Gasteiger partial charge is 0.257 e. The number of hydrogen-bond donors (Lipinski definition) is 1. The van der Waals surface area contributed by atoms with E-state index in [4.69, 9.17) is 4.52 Å². The minimum Gasteiger partial charge on any atom is -0.348 e. The van der Waals surface area contributed by atoms with Gasteiger partial charge in [0.25, 0.3) is 11.8 Å². The van der Waals surface area contributed by atoms with Gasteiger partial charge in [-0.05, 0) is 55.0 Å². The van der Waals surface area contributed by atoms with Crippen LogP contribution in [0.1, 0.15) is 21.7 Å². The zero-order valence-corrected chi connectivity index (χ0v) is 14.7. The molecule has 134 valence electrons. The van der Waals surface area contributed by atoms with Crippen LogP contribution >= 0.6 is 0 Å². The Morgan fingerprint density at radius 1 is 1.11 bits per heavy atom. The first-order chi connectivity index (χ1) is 13.2. The van der Waals surface area contributed by atoms with E-state index in [1.807, 2.05) is 36.5 Å². The van der Waals surface area contributed by atoms with Gasteiger partial charge in [-0.25, -0.2) is 4.68 Å². The van der Waals surface area contributed by atoms with Gasteiger partial charge < -0.3 is 9.84 Å². The van der Waals surface area contributed by atoms with Crippen LogP contribution in [0.15, 0.2) is 71.5 Å². The van der Waals surface area contributed by atoms with Gasteiger partial charge in [-0.1, -0.05) is 17.3 Å². The molecule has 1 amide bonds. The second-order valence-electron chi connectivity index (χ2n) is 6.02. The lowest BCUT2D eigenvalue weighted by molar-refractivity contribution is 0.0951. The number of aromatic nitrogens is 4. The number of carbonyl (C=O) groups is 1. The van der Waals surface area contributed by atoms with Gasteiger partial charge in [0.05, 0.1) is 5.69 Å². The SMILES string of the molecule is Cc1noc(-c2ccc(C(=O)NCc3ccc(-n4cccn4)cc3)cc2)n1. The predicted molar refractivity (Wildman–Crippen MR) is 99.2 cm³/mol. The molecule has 0 saturated carbocycles. The number of hydrogen-bond acceptors (Lipinski definition) is 5. The highest BCUT2D eigenvalue weighted by molar-refractivity contribution is 5.94. The zero-order valence-electron chi connectivity index (χ0n) is 14.7. The molecule has 1 N–H and O–H groups in total. The Balaban J connectivity index is 1.37. The molecule has 2 aromatic carbocycles. The van der Waals surface area contributed by atoms with Gasteiger partial charge in [-0.15, -0.1) is 0 Å². The third-order valence-corrected chi connectivity index (χ3v) is 4.08. The second-order valence-corrected chi connectivity index (χ2v) is 6.02. The molecule has 0 atom stereocenters. The molecule has 7 heteroatoms. The summed E-state index contributed by atoms with van der Waals surface area (Å²) in [4.78, 5) is 16.5. The van der Waals surface area contributed by atoms with Gasteiger partial charge in [0.1, 0.15) is 0 Å². The van der Waals surface area contributed by atoms with Crippen LogP contribution in [0.4, 0.5) is 0 Å². The van der Waals surface area contributed by atoms with Crippen molar-refractivity contribution < 1.29 is 9.32 Å². The van der Waals surface area contributed by atoms with Gasteiger partial charge in [-0.2, -0.15) is 10.1 Å². The fraction of sp³-hybridized carbons (Fsp3) is 0.100. The third-order valence-electron chi connectivity index (χ3n) is 4.08. The van der Waals surface area contributed by atoms with Gasteiger partial charge in [0, 0.05) is 30.1 Å². The molecule has 0 bridgehead atoms. The Morgan fingerprint density at radius 3 is 2.52 bits per heavy atom. The molecule has 0 aliphatic heterocycles. The molecular formula is C20H17N5O2. The van der Waals surface area contributed by atoms with Crippen LogP contribution in [0, 0.1) is 6.92 Å². The van der Waals surface area contributed by atoms with E-state index in [2.05, 4.69) is 20.6 Å². The van der Waals surface area contributed by atoms with Crippen molar-refractivity contribution in [3.05, 3.63) is 83.9 Å². The number of aryl methyl sites for hydroxylation is 1. The topological polar surface area (TPSA) is 85.8 Å². The lowest BCUT2D eigenvalue weighted by Gasteiger charge is -2.07. The van der Waals surface area contributed by atoms with Gasteiger partial charge in [0.2, 0.25) is 0 Å². The van der Waals surface area contributed by atoms with Crippen LogP contribution in [-0.2, 0) is 6.54 Å². The molecule has 0 saturated heterocycles. The quantitative estimate of drug-likeness (QED) is 0.591. The first-order valence-corrected chi connectivity index (χ1v) is 8.47. The lowest BCUT2D eigenvalue weighted by atomic mass is 10.1. The molecule has 0 aliphatic rings.